The molecule has 12 heteroatoms. The van der Waals surface area contributed by atoms with Crippen LogP contribution in [0.1, 0.15) is 21.5 Å². The summed E-state index contributed by atoms with van der Waals surface area (Å²) < 4.78 is 40.0. The first kappa shape index (κ1) is 31.7. The number of anilines is 2. The Morgan fingerprint density at radius 3 is 2.23 bits per heavy atom. The fourth-order valence-corrected chi connectivity index (χ4v) is 4.89. The predicted octanol–water partition coefficient (Wildman–Crippen LogP) is 8.15. The van der Waals surface area contributed by atoms with Crippen LogP contribution in [0.15, 0.2) is 108 Å². The van der Waals surface area contributed by atoms with Crippen molar-refractivity contribution in [1.82, 2.24) is 5.32 Å². The lowest BCUT2D eigenvalue weighted by atomic mass is 10.1. The quantitative estimate of drug-likeness (QED) is 0.127. The summed E-state index contributed by atoms with van der Waals surface area (Å²) in [6.45, 7) is 0. The van der Waals surface area contributed by atoms with E-state index >= 15 is 0 Å². The molecule has 0 aliphatic heterocycles. The molecular formula is C31H22Cl2F3N3O3S. The van der Waals surface area contributed by atoms with E-state index in [0.717, 1.165) is 23.9 Å². The lowest BCUT2D eigenvalue weighted by Gasteiger charge is -2.14. The van der Waals surface area contributed by atoms with Gasteiger partial charge in [0.15, 0.2) is 0 Å². The first-order valence-electron chi connectivity index (χ1n) is 12.5. The molecule has 0 unspecified atom stereocenters. The SMILES string of the molecule is O=C(CSc1cccc(NC(=O)/C(=C/c2cccc(Cl)c2)NC(=O)c2ccccc2)c1)Nc1ccc(Cl)cc1C(F)(F)F. The van der Waals surface area contributed by atoms with Gasteiger partial charge in [0.05, 0.1) is 17.0 Å². The highest BCUT2D eigenvalue weighted by atomic mass is 35.5. The minimum atomic E-state index is -4.70. The highest BCUT2D eigenvalue weighted by Crippen LogP contribution is 2.36. The number of halogens is 5. The average Bonchev–Trinajstić information content (AvgIpc) is 2.97. The third-order valence-corrected chi connectivity index (χ3v) is 7.18. The van der Waals surface area contributed by atoms with Crippen LogP contribution in [0.25, 0.3) is 6.08 Å². The van der Waals surface area contributed by atoms with E-state index in [-0.39, 0.29) is 16.5 Å². The zero-order valence-corrected chi connectivity index (χ0v) is 24.4. The third-order valence-electron chi connectivity index (χ3n) is 5.71. The van der Waals surface area contributed by atoms with E-state index in [1.54, 1.807) is 78.9 Å². The lowest BCUT2D eigenvalue weighted by molar-refractivity contribution is -0.137. The van der Waals surface area contributed by atoms with Gasteiger partial charge in [-0.05, 0) is 72.3 Å². The van der Waals surface area contributed by atoms with Crippen molar-refractivity contribution in [1.29, 1.82) is 0 Å². The Kier molecular flexibility index (Phi) is 10.5. The van der Waals surface area contributed by atoms with Crippen LogP contribution in [-0.2, 0) is 15.8 Å². The van der Waals surface area contributed by atoms with Gasteiger partial charge in [0.25, 0.3) is 11.8 Å². The molecular weight excluding hydrogens is 622 g/mol. The van der Waals surface area contributed by atoms with E-state index in [4.69, 9.17) is 23.2 Å². The molecule has 6 nitrogen and oxygen atoms in total. The molecule has 0 spiro atoms. The molecule has 3 amide bonds. The van der Waals surface area contributed by atoms with Crippen LogP contribution in [0, 0.1) is 0 Å². The Hall–Kier alpha value is -4.25. The van der Waals surface area contributed by atoms with Gasteiger partial charge in [-0.2, -0.15) is 13.2 Å². The van der Waals surface area contributed by atoms with Gasteiger partial charge in [-0.15, -0.1) is 11.8 Å². The van der Waals surface area contributed by atoms with Gasteiger partial charge in [-0.3, -0.25) is 14.4 Å². The second-order valence-electron chi connectivity index (χ2n) is 8.94. The minimum absolute atomic E-state index is 0.0445. The first-order valence-corrected chi connectivity index (χ1v) is 14.3. The molecule has 0 fully saturated rings. The first-order chi connectivity index (χ1) is 20.5. The molecule has 0 saturated heterocycles. The predicted molar refractivity (Wildman–Crippen MR) is 164 cm³/mol. The number of alkyl halides is 3. The zero-order chi connectivity index (χ0) is 31.0. The second-order valence-corrected chi connectivity index (χ2v) is 10.9. The monoisotopic (exact) mass is 643 g/mol. The number of carbonyl (C=O) groups excluding carboxylic acids is 3. The van der Waals surface area contributed by atoms with Gasteiger partial charge in [0.2, 0.25) is 5.91 Å². The van der Waals surface area contributed by atoms with Crippen molar-refractivity contribution in [3.63, 3.8) is 0 Å². The number of benzene rings is 4. The van der Waals surface area contributed by atoms with Crippen LogP contribution in [0.4, 0.5) is 24.5 Å². The molecule has 4 aromatic carbocycles. The van der Waals surface area contributed by atoms with Gasteiger partial charge in [0, 0.05) is 26.2 Å². The molecule has 220 valence electrons. The number of rotatable bonds is 9. The minimum Gasteiger partial charge on any atom is -0.325 e. The van der Waals surface area contributed by atoms with Gasteiger partial charge in [-0.1, -0.05) is 59.6 Å². The standard InChI is InChI=1S/C31H22Cl2F3N3O3S/c32-21-9-4-6-19(14-21)15-27(39-29(41)20-7-2-1-3-8-20)30(42)37-23-10-5-11-24(17-23)43-18-28(40)38-26-13-12-22(33)16-25(26)31(34,35)36/h1-17H,18H2,(H,37,42)(H,38,40)(H,39,41)/b27-15-. The maximum atomic E-state index is 13.3. The molecule has 3 N–H and O–H groups in total. The molecule has 0 bridgehead atoms. The summed E-state index contributed by atoms with van der Waals surface area (Å²) in [6, 6.07) is 24.7. The Morgan fingerprint density at radius 2 is 1.51 bits per heavy atom. The summed E-state index contributed by atoms with van der Waals surface area (Å²) in [5.74, 6) is -1.98. The third kappa shape index (κ3) is 9.37. The highest BCUT2D eigenvalue weighted by Gasteiger charge is 2.34. The Labute approximate surface area is 259 Å². The molecule has 0 atom stereocenters. The molecule has 4 rings (SSSR count). The lowest BCUT2D eigenvalue weighted by Crippen LogP contribution is -2.30. The van der Waals surface area contributed by atoms with Gasteiger partial charge in [-0.25, -0.2) is 0 Å². The molecule has 43 heavy (non-hydrogen) atoms. The van der Waals surface area contributed by atoms with Gasteiger partial charge < -0.3 is 16.0 Å². The van der Waals surface area contributed by atoms with E-state index in [2.05, 4.69) is 16.0 Å². The summed E-state index contributed by atoms with van der Waals surface area (Å²) in [7, 11) is 0. The molecule has 0 radical (unpaired) electrons. The van der Waals surface area contributed by atoms with Crippen LogP contribution < -0.4 is 16.0 Å². The van der Waals surface area contributed by atoms with Crippen molar-refractivity contribution in [3.05, 3.63) is 129 Å². The molecule has 0 aliphatic carbocycles. The normalized spacial score (nSPS) is 11.5. The summed E-state index contributed by atoms with van der Waals surface area (Å²) in [5.41, 5.74) is -0.208. The summed E-state index contributed by atoms with van der Waals surface area (Å²) >= 11 is 12.8. The molecule has 0 aliphatic rings. The number of amides is 3. The maximum Gasteiger partial charge on any atom is 0.418 e. The van der Waals surface area contributed by atoms with Crippen molar-refractivity contribution in [2.24, 2.45) is 0 Å². The van der Waals surface area contributed by atoms with Crippen molar-refractivity contribution >= 4 is 70.1 Å². The summed E-state index contributed by atoms with van der Waals surface area (Å²) in [4.78, 5) is 39.1. The van der Waals surface area contributed by atoms with E-state index in [0.29, 0.717) is 26.7 Å². The average molecular weight is 645 g/mol. The van der Waals surface area contributed by atoms with Gasteiger partial charge in [0.1, 0.15) is 5.70 Å². The topological polar surface area (TPSA) is 87.3 Å². The van der Waals surface area contributed by atoms with Crippen LogP contribution in [0.5, 0.6) is 0 Å². The number of hydrogen-bond donors (Lipinski definition) is 3. The molecule has 0 saturated carbocycles. The maximum absolute atomic E-state index is 13.3. The molecule has 0 aromatic heterocycles. The van der Waals surface area contributed by atoms with E-state index < -0.39 is 35.1 Å². The van der Waals surface area contributed by atoms with E-state index in [9.17, 15) is 27.6 Å². The number of nitrogens with one attached hydrogen (secondary N) is 3. The van der Waals surface area contributed by atoms with Crippen molar-refractivity contribution < 1.29 is 27.6 Å². The smallest absolute Gasteiger partial charge is 0.325 e. The fourth-order valence-electron chi connectivity index (χ4n) is 3.76. The van der Waals surface area contributed by atoms with Crippen molar-refractivity contribution in [2.75, 3.05) is 16.4 Å². The second kappa shape index (κ2) is 14.3. The largest absolute Gasteiger partial charge is 0.418 e. The molecule has 4 aromatic rings. The van der Waals surface area contributed by atoms with Crippen LogP contribution in [-0.4, -0.2) is 23.5 Å². The van der Waals surface area contributed by atoms with Crippen LogP contribution >= 0.6 is 35.0 Å². The number of hydrogen-bond acceptors (Lipinski definition) is 4. The number of carbonyl (C=O) groups is 3. The Bertz CT molecular complexity index is 1680. The number of thioether (sulfide) groups is 1. The van der Waals surface area contributed by atoms with Crippen LogP contribution in [0.3, 0.4) is 0 Å². The van der Waals surface area contributed by atoms with Gasteiger partial charge >= 0.3 is 6.18 Å². The van der Waals surface area contributed by atoms with Crippen molar-refractivity contribution in [3.8, 4) is 0 Å². The van der Waals surface area contributed by atoms with Crippen molar-refractivity contribution in [2.45, 2.75) is 11.1 Å². The zero-order valence-electron chi connectivity index (χ0n) is 22.0. The summed E-state index contributed by atoms with van der Waals surface area (Å²) in [6.07, 6.45) is -3.22. The Morgan fingerprint density at radius 1 is 0.791 bits per heavy atom. The fraction of sp³-hybridized carbons (Fsp3) is 0.0645. The Balaban J connectivity index is 1.45. The highest BCUT2D eigenvalue weighted by molar-refractivity contribution is 8.00. The summed E-state index contributed by atoms with van der Waals surface area (Å²) in [5, 5.41) is 7.97. The molecule has 0 heterocycles. The van der Waals surface area contributed by atoms with E-state index in [1.165, 1.54) is 12.1 Å². The van der Waals surface area contributed by atoms with Crippen LogP contribution in [0.2, 0.25) is 10.0 Å². The van der Waals surface area contributed by atoms with E-state index in [1.807, 2.05) is 0 Å².